The minimum atomic E-state index is -0.918. The summed E-state index contributed by atoms with van der Waals surface area (Å²) in [6.07, 6.45) is 12.2. The van der Waals surface area contributed by atoms with Gasteiger partial charge in [0.05, 0.1) is 6.10 Å². The Balaban J connectivity index is 2.39. The van der Waals surface area contributed by atoms with Crippen molar-refractivity contribution in [3.05, 3.63) is 36.0 Å². The zero-order valence-corrected chi connectivity index (χ0v) is 16.9. The highest BCUT2D eigenvalue weighted by molar-refractivity contribution is 5.80. The summed E-state index contributed by atoms with van der Waals surface area (Å²) in [6.45, 7) is 11.3. The molecule has 146 valence electrons. The third-order valence-corrected chi connectivity index (χ3v) is 6.48. The molecule has 0 unspecified atom stereocenters. The van der Waals surface area contributed by atoms with Gasteiger partial charge in [0.15, 0.2) is 0 Å². The number of aliphatic carboxylic acids is 1. The molecule has 2 aliphatic carbocycles. The van der Waals surface area contributed by atoms with Crippen LogP contribution in [0.3, 0.4) is 0 Å². The number of aliphatic hydroxyl groups is 1. The lowest BCUT2D eigenvalue weighted by molar-refractivity contribution is -0.131. The van der Waals surface area contributed by atoms with E-state index in [4.69, 9.17) is 5.11 Å². The van der Waals surface area contributed by atoms with Crippen molar-refractivity contribution in [1.82, 2.24) is 0 Å². The van der Waals surface area contributed by atoms with Gasteiger partial charge in [-0.05, 0) is 67.6 Å². The van der Waals surface area contributed by atoms with Crippen molar-refractivity contribution in [2.45, 2.75) is 60.0 Å². The lowest BCUT2D eigenvalue weighted by Gasteiger charge is -2.52. The molecule has 0 aromatic rings. The molecular formula is C23H36O3. The second-order valence-electron chi connectivity index (χ2n) is 8.92. The number of allylic oxidation sites excluding steroid dienone is 5. The second-order valence-corrected chi connectivity index (χ2v) is 8.92. The van der Waals surface area contributed by atoms with Gasteiger partial charge >= 0.3 is 5.97 Å². The molecule has 2 fully saturated rings. The first-order valence-corrected chi connectivity index (χ1v) is 10.2. The molecule has 3 heteroatoms. The van der Waals surface area contributed by atoms with E-state index in [-0.39, 0.29) is 6.10 Å². The van der Waals surface area contributed by atoms with Gasteiger partial charge in [-0.3, -0.25) is 0 Å². The zero-order valence-electron chi connectivity index (χ0n) is 16.9. The molecule has 0 saturated heterocycles. The van der Waals surface area contributed by atoms with Gasteiger partial charge in [-0.15, -0.1) is 0 Å². The Labute approximate surface area is 158 Å². The average Bonchev–Trinajstić information content (AvgIpc) is 2.53. The van der Waals surface area contributed by atoms with Crippen LogP contribution in [0.15, 0.2) is 36.0 Å². The average molecular weight is 361 g/mol. The summed E-state index contributed by atoms with van der Waals surface area (Å²) in [5, 5.41) is 19.5. The first-order chi connectivity index (χ1) is 12.2. The number of hydrogen-bond acceptors (Lipinski definition) is 2. The normalized spacial score (nSPS) is 38.9. The van der Waals surface area contributed by atoms with Gasteiger partial charge in [-0.1, -0.05) is 57.6 Å². The van der Waals surface area contributed by atoms with Gasteiger partial charge < -0.3 is 10.2 Å². The molecule has 0 amide bonds. The van der Waals surface area contributed by atoms with Crippen LogP contribution >= 0.6 is 0 Å². The Bertz CT molecular complexity index is 572. The predicted molar refractivity (Wildman–Crippen MR) is 107 cm³/mol. The maximum absolute atomic E-state index is 10.8. The van der Waals surface area contributed by atoms with Crippen LogP contribution in [0.1, 0.15) is 53.9 Å². The summed E-state index contributed by atoms with van der Waals surface area (Å²) in [4.78, 5) is 10.8. The van der Waals surface area contributed by atoms with Gasteiger partial charge in [0.2, 0.25) is 0 Å². The van der Waals surface area contributed by atoms with Crippen molar-refractivity contribution in [2.24, 2.45) is 41.4 Å². The van der Waals surface area contributed by atoms with Crippen LogP contribution in [-0.2, 0) is 4.79 Å². The van der Waals surface area contributed by atoms with E-state index in [9.17, 15) is 9.90 Å². The van der Waals surface area contributed by atoms with Gasteiger partial charge in [0.1, 0.15) is 0 Å². The van der Waals surface area contributed by atoms with E-state index < -0.39 is 5.97 Å². The summed E-state index contributed by atoms with van der Waals surface area (Å²) in [5.74, 6) is 2.33. The maximum atomic E-state index is 10.8. The van der Waals surface area contributed by atoms with E-state index in [2.05, 4.69) is 46.8 Å². The molecule has 0 bridgehead atoms. The molecule has 2 rings (SSSR count). The third kappa shape index (κ3) is 4.88. The Kier molecular flexibility index (Phi) is 7.28. The smallest absolute Gasteiger partial charge is 0.328 e. The van der Waals surface area contributed by atoms with E-state index >= 15 is 0 Å². The van der Waals surface area contributed by atoms with Gasteiger partial charge in [0.25, 0.3) is 0 Å². The van der Waals surface area contributed by atoms with Crippen molar-refractivity contribution in [3.8, 4) is 0 Å². The number of aliphatic hydroxyl groups excluding tert-OH is 1. The summed E-state index contributed by atoms with van der Waals surface area (Å²) in [7, 11) is 0. The number of carboxylic acids is 1. The van der Waals surface area contributed by atoms with E-state index in [1.54, 1.807) is 6.08 Å². The fraction of sp³-hybridized carbons (Fsp3) is 0.696. The largest absolute Gasteiger partial charge is 0.478 e. The SMILES string of the molecule is C/C(=C/C(C)C)[C@H]1[C@@H](/C=C/C=C/C(=O)O)[C@H]2[C@@H](C[C@@H]1C)[C@@H](O)CC[C@@H]2C. The first kappa shape index (κ1) is 21.0. The standard InChI is InChI=1S/C23H36O3/c1-14(2)12-16(4)22-17(5)13-19-20(24)11-10-15(3)23(19)18(22)8-6-7-9-21(25)26/h6-9,12,14-15,17-20,22-24H,10-11,13H2,1-5H3,(H,25,26)/b8-6+,9-7+,16-12-/t15-,17-,18+,19-,20-,22+,23-/m0/s1. The number of fused-ring (bicyclic) bond motifs is 1. The number of hydrogen-bond donors (Lipinski definition) is 2. The Morgan fingerprint density at radius 2 is 1.81 bits per heavy atom. The van der Waals surface area contributed by atoms with Crippen LogP contribution < -0.4 is 0 Å². The van der Waals surface area contributed by atoms with Crippen molar-refractivity contribution < 1.29 is 15.0 Å². The minimum absolute atomic E-state index is 0.195. The maximum Gasteiger partial charge on any atom is 0.328 e. The van der Waals surface area contributed by atoms with E-state index in [1.807, 2.05) is 6.08 Å². The van der Waals surface area contributed by atoms with Crippen molar-refractivity contribution in [1.29, 1.82) is 0 Å². The molecule has 2 saturated carbocycles. The van der Waals surface area contributed by atoms with Crippen molar-refractivity contribution in [3.63, 3.8) is 0 Å². The Morgan fingerprint density at radius 1 is 1.12 bits per heavy atom. The highest BCUT2D eigenvalue weighted by Gasteiger charge is 2.48. The molecule has 26 heavy (non-hydrogen) atoms. The lowest BCUT2D eigenvalue weighted by atomic mass is 9.53. The summed E-state index contributed by atoms with van der Waals surface area (Å²) < 4.78 is 0. The highest BCUT2D eigenvalue weighted by atomic mass is 16.4. The molecule has 2 N–H and O–H groups in total. The number of carboxylic acid groups (broad SMARTS) is 1. The Morgan fingerprint density at radius 3 is 2.42 bits per heavy atom. The predicted octanol–water partition coefficient (Wildman–Crippen LogP) is 5.08. The second kappa shape index (κ2) is 9.03. The molecule has 0 radical (unpaired) electrons. The van der Waals surface area contributed by atoms with Crippen molar-refractivity contribution in [2.75, 3.05) is 0 Å². The van der Waals surface area contributed by atoms with Crippen molar-refractivity contribution >= 4 is 5.97 Å². The van der Waals surface area contributed by atoms with Gasteiger partial charge in [-0.25, -0.2) is 4.79 Å². The fourth-order valence-corrected chi connectivity index (χ4v) is 5.66. The summed E-state index contributed by atoms with van der Waals surface area (Å²) in [5.41, 5.74) is 1.44. The topological polar surface area (TPSA) is 57.5 Å². The lowest BCUT2D eigenvalue weighted by Crippen LogP contribution is -2.48. The quantitative estimate of drug-likeness (QED) is 0.408. The first-order valence-electron chi connectivity index (χ1n) is 10.2. The molecule has 0 spiro atoms. The van der Waals surface area contributed by atoms with Crippen LogP contribution in [0.5, 0.6) is 0 Å². The fourth-order valence-electron chi connectivity index (χ4n) is 5.66. The monoisotopic (exact) mass is 360 g/mol. The molecule has 2 aliphatic rings. The van der Waals surface area contributed by atoms with Crippen LogP contribution in [0.2, 0.25) is 0 Å². The van der Waals surface area contributed by atoms with Crippen LogP contribution in [-0.4, -0.2) is 22.3 Å². The van der Waals surface area contributed by atoms with E-state index in [0.29, 0.717) is 41.4 Å². The molecular weight excluding hydrogens is 324 g/mol. The molecule has 3 nitrogen and oxygen atoms in total. The minimum Gasteiger partial charge on any atom is -0.478 e. The number of carbonyl (C=O) groups is 1. The van der Waals surface area contributed by atoms with Crippen LogP contribution in [0, 0.1) is 41.4 Å². The van der Waals surface area contributed by atoms with E-state index in [1.165, 1.54) is 11.6 Å². The molecule has 0 aromatic carbocycles. The van der Waals surface area contributed by atoms with Crippen LogP contribution in [0.25, 0.3) is 0 Å². The zero-order chi connectivity index (χ0) is 19.4. The molecule has 0 aliphatic heterocycles. The molecule has 7 atom stereocenters. The third-order valence-electron chi connectivity index (χ3n) is 6.48. The van der Waals surface area contributed by atoms with Crippen LogP contribution in [0.4, 0.5) is 0 Å². The highest BCUT2D eigenvalue weighted by Crippen LogP contribution is 2.53. The summed E-state index contributed by atoms with van der Waals surface area (Å²) in [6, 6.07) is 0. The number of rotatable bonds is 5. The van der Waals surface area contributed by atoms with Gasteiger partial charge in [0, 0.05) is 6.08 Å². The molecule has 0 aromatic heterocycles. The van der Waals surface area contributed by atoms with Gasteiger partial charge in [-0.2, -0.15) is 0 Å². The van der Waals surface area contributed by atoms with E-state index in [0.717, 1.165) is 19.3 Å². The summed E-state index contributed by atoms with van der Waals surface area (Å²) >= 11 is 0. The molecule has 0 heterocycles. The Hall–Kier alpha value is -1.35.